The number of urea groups is 1. The van der Waals surface area contributed by atoms with Crippen LogP contribution >= 0.6 is 0 Å². The minimum absolute atomic E-state index is 0.226. The van der Waals surface area contributed by atoms with Crippen LogP contribution in [0.3, 0.4) is 0 Å². The summed E-state index contributed by atoms with van der Waals surface area (Å²) >= 11 is 0. The summed E-state index contributed by atoms with van der Waals surface area (Å²) in [4.78, 5) is 19.8. The molecule has 0 saturated carbocycles. The van der Waals surface area contributed by atoms with E-state index in [-0.39, 0.29) is 11.7 Å². The number of nitrogens with one attached hydrogen (secondary N) is 2. The number of hydrogen-bond acceptors (Lipinski definition) is 2. The van der Waals surface area contributed by atoms with Crippen molar-refractivity contribution in [2.75, 3.05) is 38.0 Å². The van der Waals surface area contributed by atoms with Gasteiger partial charge in [0.15, 0.2) is 0 Å². The number of rotatable bonds is 4. The number of anilines is 1. The maximum absolute atomic E-state index is 13.7. The lowest BCUT2D eigenvalue weighted by atomic mass is 10.1. The van der Waals surface area contributed by atoms with E-state index in [9.17, 15) is 9.18 Å². The predicted octanol–water partition coefficient (Wildman–Crippen LogP) is 3.70. The molecule has 1 fully saturated rings. The van der Waals surface area contributed by atoms with Gasteiger partial charge in [0.2, 0.25) is 0 Å². The number of para-hydroxylation sites is 2. The van der Waals surface area contributed by atoms with Gasteiger partial charge >= 0.3 is 6.03 Å². The molecule has 140 valence electrons. The van der Waals surface area contributed by atoms with E-state index in [1.165, 1.54) is 22.5 Å². The maximum Gasteiger partial charge on any atom is 0.322 e. The van der Waals surface area contributed by atoms with Crippen LogP contribution in [-0.4, -0.2) is 53.5 Å². The highest BCUT2D eigenvalue weighted by Gasteiger charge is 2.21. The molecule has 0 unspecified atom stereocenters. The number of H-pyrrole nitrogens is 1. The monoisotopic (exact) mass is 366 g/mol. The Balaban J connectivity index is 1.27. The summed E-state index contributed by atoms with van der Waals surface area (Å²) in [5, 5.41) is 3.94. The molecule has 0 radical (unpaired) electrons. The molecular weight excluding hydrogens is 343 g/mol. The maximum atomic E-state index is 13.7. The standard InChI is InChI=1S/C21H23FN4O/c22-18-6-2-4-8-20(18)24-21(27)26-13-11-25(12-14-26)10-9-16-15-23-19-7-3-1-5-17(16)19/h1-8,15,23H,9-14H2,(H,24,27). The topological polar surface area (TPSA) is 51.4 Å². The molecule has 0 spiro atoms. The van der Waals surface area contributed by atoms with Crippen LogP contribution in [0.5, 0.6) is 0 Å². The molecule has 5 nitrogen and oxygen atoms in total. The molecule has 1 aliphatic heterocycles. The van der Waals surface area contributed by atoms with Crippen molar-refractivity contribution in [1.82, 2.24) is 14.8 Å². The largest absolute Gasteiger partial charge is 0.361 e. The number of halogens is 1. The quantitative estimate of drug-likeness (QED) is 0.740. The number of piperazine rings is 1. The lowest BCUT2D eigenvalue weighted by Crippen LogP contribution is -2.50. The van der Waals surface area contributed by atoms with Crippen LogP contribution in [0.15, 0.2) is 54.7 Å². The van der Waals surface area contributed by atoms with Gasteiger partial charge in [-0.25, -0.2) is 9.18 Å². The van der Waals surface area contributed by atoms with E-state index >= 15 is 0 Å². The van der Waals surface area contributed by atoms with Crippen molar-refractivity contribution in [3.8, 4) is 0 Å². The zero-order chi connectivity index (χ0) is 18.6. The molecule has 4 rings (SSSR count). The first kappa shape index (κ1) is 17.5. The molecule has 2 amide bonds. The number of hydrogen-bond donors (Lipinski definition) is 2. The highest BCUT2D eigenvalue weighted by molar-refractivity contribution is 5.89. The van der Waals surface area contributed by atoms with Gasteiger partial charge in [0.05, 0.1) is 5.69 Å². The summed E-state index contributed by atoms with van der Waals surface area (Å²) in [6, 6.07) is 14.3. The van der Waals surface area contributed by atoms with Crippen molar-refractivity contribution in [2.45, 2.75) is 6.42 Å². The molecule has 6 heteroatoms. The zero-order valence-corrected chi connectivity index (χ0v) is 15.1. The van der Waals surface area contributed by atoms with Gasteiger partial charge in [-0.05, 0) is 30.2 Å². The number of carbonyl (C=O) groups excluding carboxylic acids is 1. The van der Waals surface area contributed by atoms with Gasteiger partial charge in [-0.2, -0.15) is 0 Å². The van der Waals surface area contributed by atoms with E-state index in [4.69, 9.17) is 0 Å². The van der Waals surface area contributed by atoms with E-state index in [0.717, 1.165) is 26.1 Å². The summed E-state index contributed by atoms with van der Waals surface area (Å²) in [7, 11) is 0. The number of amides is 2. The van der Waals surface area contributed by atoms with Gasteiger partial charge in [-0.3, -0.25) is 4.90 Å². The van der Waals surface area contributed by atoms with Crippen LogP contribution in [0.1, 0.15) is 5.56 Å². The lowest BCUT2D eigenvalue weighted by molar-refractivity contribution is 0.148. The number of aromatic amines is 1. The minimum atomic E-state index is -0.414. The van der Waals surface area contributed by atoms with Crippen LogP contribution < -0.4 is 5.32 Å². The third-order valence-electron chi connectivity index (χ3n) is 5.15. The Morgan fingerprint density at radius 2 is 1.78 bits per heavy atom. The van der Waals surface area contributed by atoms with Gasteiger partial charge in [0.25, 0.3) is 0 Å². The van der Waals surface area contributed by atoms with Crippen molar-refractivity contribution in [3.05, 3.63) is 66.1 Å². The van der Waals surface area contributed by atoms with E-state index in [0.29, 0.717) is 13.1 Å². The Bertz CT molecular complexity index is 931. The van der Waals surface area contributed by atoms with Gasteiger partial charge in [0, 0.05) is 49.8 Å². The molecule has 2 heterocycles. The van der Waals surface area contributed by atoms with Gasteiger partial charge in [0.1, 0.15) is 5.82 Å². The zero-order valence-electron chi connectivity index (χ0n) is 15.1. The Labute approximate surface area is 157 Å². The second-order valence-corrected chi connectivity index (χ2v) is 6.85. The minimum Gasteiger partial charge on any atom is -0.361 e. The Morgan fingerprint density at radius 3 is 2.59 bits per heavy atom. The van der Waals surface area contributed by atoms with Gasteiger partial charge in [-0.1, -0.05) is 30.3 Å². The second kappa shape index (κ2) is 7.80. The van der Waals surface area contributed by atoms with Crippen molar-refractivity contribution in [2.24, 2.45) is 0 Å². The van der Waals surface area contributed by atoms with Crippen molar-refractivity contribution >= 4 is 22.6 Å². The number of aromatic nitrogens is 1. The predicted molar refractivity (Wildman–Crippen MR) is 105 cm³/mol. The Morgan fingerprint density at radius 1 is 1.04 bits per heavy atom. The SMILES string of the molecule is O=C(Nc1ccccc1F)N1CCN(CCc2c[nH]c3ccccc23)CC1. The molecule has 1 saturated heterocycles. The fraction of sp³-hybridized carbons (Fsp3) is 0.286. The molecule has 2 aromatic carbocycles. The smallest absolute Gasteiger partial charge is 0.322 e. The third kappa shape index (κ3) is 3.95. The highest BCUT2D eigenvalue weighted by atomic mass is 19.1. The van der Waals surface area contributed by atoms with Crippen molar-refractivity contribution in [3.63, 3.8) is 0 Å². The summed E-state index contributed by atoms with van der Waals surface area (Å²) < 4.78 is 13.7. The highest BCUT2D eigenvalue weighted by Crippen LogP contribution is 2.19. The molecule has 1 aromatic heterocycles. The van der Waals surface area contributed by atoms with Crippen LogP contribution in [0, 0.1) is 5.82 Å². The summed E-state index contributed by atoms with van der Waals surface area (Å²) in [6.07, 6.45) is 3.06. The molecule has 2 N–H and O–H groups in total. The summed E-state index contributed by atoms with van der Waals surface area (Å²) in [5.41, 5.74) is 2.72. The van der Waals surface area contributed by atoms with Crippen LogP contribution in [0.4, 0.5) is 14.9 Å². The molecule has 3 aromatic rings. The average Bonchev–Trinajstić information content (AvgIpc) is 3.12. The van der Waals surface area contributed by atoms with E-state index in [1.807, 2.05) is 6.07 Å². The van der Waals surface area contributed by atoms with Crippen LogP contribution in [0.25, 0.3) is 10.9 Å². The number of fused-ring (bicyclic) bond motifs is 1. The first-order valence-electron chi connectivity index (χ1n) is 9.28. The van der Waals surface area contributed by atoms with E-state index in [2.05, 4.69) is 39.6 Å². The van der Waals surface area contributed by atoms with Crippen LogP contribution in [-0.2, 0) is 6.42 Å². The molecule has 0 aliphatic carbocycles. The van der Waals surface area contributed by atoms with E-state index in [1.54, 1.807) is 23.1 Å². The number of nitrogens with zero attached hydrogens (tertiary/aromatic N) is 2. The number of benzene rings is 2. The first-order chi connectivity index (χ1) is 13.2. The van der Waals surface area contributed by atoms with Crippen molar-refractivity contribution < 1.29 is 9.18 Å². The lowest BCUT2D eigenvalue weighted by Gasteiger charge is -2.34. The molecule has 0 bridgehead atoms. The summed E-state index contributed by atoms with van der Waals surface area (Å²) in [5.74, 6) is -0.414. The first-order valence-corrected chi connectivity index (χ1v) is 9.28. The van der Waals surface area contributed by atoms with Crippen molar-refractivity contribution in [1.29, 1.82) is 0 Å². The molecular formula is C21H23FN4O. The van der Waals surface area contributed by atoms with Crippen LogP contribution in [0.2, 0.25) is 0 Å². The Kier molecular flexibility index (Phi) is 5.07. The molecule has 27 heavy (non-hydrogen) atoms. The van der Waals surface area contributed by atoms with Gasteiger partial charge < -0.3 is 15.2 Å². The van der Waals surface area contributed by atoms with Gasteiger partial charge in [-0.15, -0.1) is 0 Å². The fourth-order valence-electron chi connectivity index (χ4n) is 3.55. The average molecular weight is 366 g/mol. The number of carbonyl (C=O) groups is 1. The summed E-state index contributed by atoms with van der Waals surface area (Å²) in [6.45, 7) is 3.91. The Hall–Kier alpha value is -2.86. The third-order valence-corrected chi connectivity index (χ3v) is 5.15. The second-order valence-electron chi connectivity index (χ2n) is 6.85. The molecule has 0 atom stereocenters. The fourth-order valence-corrected chi connectivity index (χ4v) is 3.55. The molecule has 1 aliphatic rings. The normalized spacial score (nSPS) is 15.2. The van der Waals surface area contributed by atoms with E-state index < -0.39 is 5.82 Å².